The molecule has 1 aromatic heterocycles. The summed E-state index contributed by atoms with van der Waals surface area (Å²) >= 11 is 4.97. The molecule has 0 amide bonds. The minimum Gasteiger partial charge on any atom is -0.396 e. The van der Waals surface area contributed by atoms with Gasteiger partial charge >= 0.3 is 0 Å². The molecule has 1 heterocycles. The number of aliphatic hydroxyl groups excluding tert-OH is 1. The fourth-order valence-corrected chi connectivity index (χ4v) is 1.71. The number of thiocarbonyl (C=S) groups is 1. The summed E-state index contributed by atoms with van der Waals surface area (Å²) in [6, 6.07) is 3.81. The third-order valence-electron chi connectivity index (χ3n) is 2.33. The Morgan fingerprint density at radius 1 is 1.62 bits per heavy atom. The fraction of sp³-hybridized carbons (Fsp3) is 0.455. The third kappa shape index (κ3) is 3.15. The van der Waals surface area contributed by atoms with Crippen LogP contribution in [0.15, 0.2) is 18.3 Å². The van der Waals surface area contributed by atoms with Crippen LogP contribution in [0.2, 0.25) is 0 Å². The molecule has 0 atom stereocenters. The topological polar surface area (TPSA) is 62.4 Å². The molecule has 88 valence electrons. The zero-order valence-electron chi connectivity index (χ0n) is 9.39. The van der Waals surface area contributed by atoms with E-state index >= 15 is 0 Å². The lowest BCUT2D eigenvalue weighted by molar-refractivity contribution is 0.289. The van der Waals surface area contributed by atoms with E-state index in [4.69, 9.17) is 23.1 Å². The number of pyridine rings is 1. The molecule has 4 nitrogen and oxygen atoms in total. The highest BCUT2D eigenvalue weighted by Crippen LogP contribution is 2.18. The summed E-state index contributed by atoms with van der Waals surface area (Å²) in [6.07, 6.45) is 2.40. The van der Waals surface area contributed by atoms with Gasteiger partial charge < -0.3 is 15.7 Å². The monoisotopic (exact) mass is 239 g/mol. The van der Waals surface area contributed by atoms with Crippen LogP contribution in [-0.2, 0) is 0 Å². The Morgan fingerprint density at radius 2 is 2.38 bits per heavy atom. The Labute approximate surface area is 101 Å². The van der Waals surface area contributed by atoms with Crippen LogP contribution in [0.5, 0.6) is 0 Å². The van der Waals surface area contributed by atoms with E-state index in [9.17, 15) is 0 Å². The van der Waals surface area contributed by atoms with Crippen molar-refractivity contribution in [2.24, 2.45) is 5.73 Å². The first-order chi connectivity index (χ1) is 7.70. The molecule has 0 saturated heterocycles. The largest absolute Gasteiger partial charge is 0.396 e. The van der Waals surface area contributed by atoms with Crippen molar-refractivity contribution in [2.75, 3.05) is 24.6 Å². The second kappa shape index (κ2) is 6.40. The maximum Gasteiger partial charge on any atom is 0.124 e. The van der Waals surface area contributed by atoms with Gasteiger partial charge in [0.2, 0.25) is 0 Å². The van der Waals surface area contributed by atoms with Gasteiger partial charge in [-0.3, -0.25) is 4.98 Å². The highest BCUT2D eigenvalue weighted by Gasteiger charge is 2.11. The van der Waals surface area contributed by atoms with E-state index in [0.29, 0.717) is 10.7 Å². The number of hydrogen-bond acceptors (Lipinski definition) is 4. The lowest BCUT2D eigenvalue weighted by atomic mass is 10.2. The first-order valence-corrected chi connectivity index (χ1v) is 5.72. The summed E-state index contributed by atoms with van der Waals surface area (Å²) in [5, 5.41) is 8.84. The number of anilines is 1. The van der Waals surface area contributed by atoms with Crippen LogP contribution >= 0.6 is 12.2 Å². The van der Waals surface area contributed by atoms with E-state index in [1.807, 2.05) is 19.1 Å². The van der Waals surface area contributed by atoms with Crippen LogP contribution in [0.4, 0.5) is 5.69 Å². The quantitative estimate of drug-likeness (QED) is 0.723. The molecule has 0 aliphatic carbocycles. The number of rotatable bonds is 6. The van der Waals surface area contributed by atoms with Crippen LogP contribution in [0, 0.1) is 0 Å². The molecule has 0 fully saturated rings. The molecule has 0 saturated carbocycles. The zero-order chi connectivity index (χ0) is 12.0. The Hall–Kier alpha value is -1.20. The van der Waals surface area contributed by atoms with Gasteiger partial charge in [0.15, 0.2) is 0 Å². The van der Waals surface area contributed by atoms with Crippen molar-refractivity contribution in [3.05, 3.63) is 24.0 Å². The van der Waals surface area contributed by atoms with E-state index in [-0.39, 0.29) is 6.61 Å². The van der Waals surface area contributed by atoms with E-state index in [1.165, 1.54) is 0 Å². The second-order valence-corrected chi connectivity index (χ2v) is 3.83. The summed E-state index contributed by atoms with van der Waals surface area (Å²) in [5.41, 5.74) is 7.21. The van der Waals surface area contributed by atoms with Crippen molar-refractivity contribution >= 4 is 22.9 Å². The van der Waals surface area contributed by atoms with Crippen molar-refractivity contribution in [3.63, 3.8) is 0 Å². The molecule has 0 radical (unpaired) electrons. The summed E-state index contributed by atoms with van der Waals surface area (Å²) in [5.74, 6) is 0. The van der Waals surface area contributed by atoms with Crippen LogP contribution in [0.1, 0.15) is 19.0 Å². The summed E-state index contributed by atoms with van der Waals surface area (Å²) in [6.45, 7) is 3.84. The number of nitrogens with two attached hydrogens (primary N) is 1. The highest BCUT2D eigenvalue weighted by molar-refractivity contribution is 7.80. The molecule has 1 aromatic rings. The summed E-state index contributed by atoms with van der Waals surface area (Å²) in [7, 11) is 0. The molecule has 1 rings (SSSR count). The molecular weight excluding hydrogens is 222 g/mol. The molecular formula is C11H17N3OS. The summed E-state index contributed by atoms with van der Waals surface area (Å²) in [4.78, 5) is 6.60. The summed E-state index contributed by atoms with van der Waals surface area (Å²) < 4.78 is 0. The number of nitrogens with zero attached hydrogens (tertiary/aromatic N) is 2. The van der Waals surface area contributed by atoms with E-state index in [1.54, 1.807) is 6.20 Å². The van der Waals surface area contributed by atoms with Gasteiger partial charge in [-0.05, 0) is 25.5 Å². The van der Waals surface area contributed by atoms with E-state index in [2.05, 4.69) is 9.88 Å². The van der Waals surface area contributed by atoms with Gasteiger partial charge in [0.25, 0.3) is 0 Å². The normalized spacial score (nSPS) is 10.1. The van der Waals surface area contributed by atoms with Gasteiger partial charge in [-0.1, -0.05) is 12.2 Å². The minimum atomic E-state index is 0.180. The predicted molar refractivity (Wildman–Crippen MR) is 69.7 cm³/mol. The fourth-order valence-electron chi connectivity index (χ4n) is 1.55. The van der Waals surface area contributed by atoms with Gasteiger partial charge in [-0.15, -0.1) is 0 Å². The minimum absolute atomic E-state index is 0.180. The van der Waals surface area contributed by atoms with E-state index < -0.39 is 0 Å². The SMILES string of the molecule is CCN(CCCO)c1cccnc1C(N)=S. The lowest BCUT2D eigenvalue weighted by Crippen LogP contribution is -2.28. The highest BCUT2D eigenvalue weighted by atomic mass is 32.1. The smallest absolute Gasteiger partial charge is 0.124 e. The van der Waals surface area contributed by atoms with Crippen molar-refractivity contribution in [3.8, 4) is 0 Å². The Balaban J connectivity index is 2.94. The lowest BCUT2D eigenvalue weighted by Gasteiger charge is -2.24. The van der Waals surface area contributed by atoms with Gasteiger partial charge in [0.05, 0.1) is 5.69 Å². The van der Waals surface area contributed by atoms with Gasteiger partial charge in [-0.2, -0.15) is 0 Å². The Kier molecular flexibility index (Phi) is 5.14. The number of aromatic nitrogens is 1. The van der Waals surface area contributed by atoms with Crippen molar-refractivity contribution in [2.45, 2.75) is 13.3 Å². The van der Waals surface area contributed by atoms with Gasteiger partial charge in [-0.25, -0.2) is 0 Å². The van der Waals surface area contributed by atoms with Gasteiger partial charge in [0, 0.05) is 25.9 Å². The van der Waals surface area contributed by atoms with Gasteiger partial charge in [0.1, 0.15) is 10.7 Å². The molecule has 0 unspecified atom stereocenters. The number of hydrogen-bond donors (Lipinski definition) is 2. The predicted octanol–water partition coefficient (Wildman–Crippen LogP) is 0.925. The maximum absolute atomic E-state index is 8.84. The molecule has 0 spiro atoms. The second-order valence-electron chi connectivity index (χ2n) is 3.39. The third-order valence-corrected chi connectivity index (χ3v) is 2.52. The van der Waals surface area contributed by atoms with Crippen molar-refractivity contribution in [1.82, 2.24) is 4.98 Å². The molecule has 5 heteroatoms. The molecule has 0 aliphatic heterocycles. The van der Waals surface area contributed by atoms with Crippen LogP contribution < -0.4 is 10.6 Å². The molecule has 0 bridgehead atoms. The molecule has 16 heavy (non-hydrogen) atoms. The van der Waals surface area contributed by atoms with E-state index in [0.717, 1.165) is 25.2 Å². The molecule has 0 aromatic carbocycles. The standard InChI is InChI=1S/C11H17N3OS/c1-2-14(7-4-8-15)9-5-3-6-13-10(9)11(12)16/h3,5-6,15H,2,4,7-8H2,1H3,(H2,12,16). The Morgan fingerprint density at radius 3 is 2.94 bits per heavy atom. The first-order valence-electron chi connectivity index (χ1n) is 5.31. The maximum atomic E-state index is 8.84. The van der Waals surface area contributed by atoms with Crippen LogP contribution in [0.25, 0.3) is 0 Å². The van der Waals surface area contributed by atoms with Crippen LogP contribution in [-0.4, -0.2) is 34.8 Å². The zero-order valence-corrected chi connectivity index (χ0v) is 10.2. The molecule has 0 aliphatic rings. The first kappa shape index (κ1) is 12.9. The average molecular weight is 239 g/mol. The Bertz CT molecular complexity index is 357. The average Bonchev–Trinajstić information content (AvgIpc) is 2.30. The molecule has 3 N–H and O–H groups in total. The van der Waals surface area contributed by atoms with Crippen molar-refractivity contribution in [1.29, 1.82) is 0 Å². The van der Waals surface area contributed by atoms with Crippen molar-refractivity contribution < 1.29 is 5.11 Å². The van der Waals surface area contributed by atoms with Crippen LogP contribution in [0.3, 0.4) is 0 Å². The number of aliphatic hydroxyl groups is 1.